The number of nitrogens with zero attached hydrogens (tertiary/aromatic N) is 2. The van der Waals surface area contributed by atoms with Crippen LogP contribution in [0.5, 0.6) is 5.75 Å². The molecule has 190 valence electrons. The molecular formula is C26H29Cl2N5O3. The molecule has 4 rings (SSSR count). The molecule has 0 radical (unpaired) electrons. The van der Waals surface area contributed by atoms with E-state index in [-0.39, 0.29) is 36.0 Å². The van der Waals surface area contributed by atoms with Gasteiger partial charge in [0.05, 0.1) is 12.8 Å². The fraction of sp³-hybridized carbons (Fsp3) is 0.346. The second kappa shape index (κ2) is 12.8. The minimum absolute atomic E-state index is 0.0830. The second-order valence-electron chi connectivity index (χ2n) is 8.64. The van der Waals surface area contributed by atoms with Gasteiger partial charge in [-0.25, -0.2) is 4.98 Å². The number of halogens is 2. The molecule has 36 heavy (non-hydrogen) atoms. The highest BCUT2D eigenvalue weighted by Crippen LogP contribution is 2.23. The van der Waals surface area contributed by atoms with Gasteiger partial charge in [0, 0.05) is 29.7 Å². The highest BCUT2D eigenvalue weighted by atomic mass is 35.5. The van der Waals surface area contributed by atoms with Crippen LogP contribution in [0.2, 0.25) is 10.2 Å². The quantitative estimate of drug-likeness (QED) is 0.468. The van der Waals surface area contributed by atoms with E-state index in [4.69, 9.17) is 27.9 Å². The van der Waals surface area contributed by atoms with Crippen molar-refractivity contribution >= 4 is 34.9 Å². The van der Waals surface area contributed by atoms with E-state index in [1.807, 2.05) is 30.3 Å². The molecule has 3 N–H and O–H groups in total. The van der Waals surface area contributed by atoms with Crippen LogP contribution >= 0.6 is 23.2 Å². The fourth-order valence-electron chi connectivity index (χ4n) is 4.01. The molecule has 1 aliphatic heterocycles. The van der Waals surface area contributed by atoms with Crippen LogP contribution in [0.3, 0.4) is 0 Å². The van der Waals surface area contributed by atoms with Gasteiger partial charge >= 0.3 is 0 Å². The van der Waals surface area contributed by atoms with E-state index in [1.165, 1.54) is 10.8 Å². The summed E-state index contributed by atoms with van der Waals surface area (Å²) in [5.41, 5.74) is 1.44. The van der Waals surface area contributed by atoms with E-state index < -0.39 is 5.56 Å². The number of amides is 1. The average molecular weight is 530 g/mol. The highest BCUT2D eigenvalue weighted by Gasteiger charge is 2.17. The summed E-state index contributed by atoms with van der Waals surface area (Å²) in [7, 11) is 0. The number of nitrogens with one attached hydrogen (secondary N) is 3. The molecule has 1 aromatic heterocycles. The number of carbonyl (C=O) groups is 1. The molecule has 2 bridgehead atoms. The number of hydrogen-bond acceptors (Lipinski definition) is 6. The third-order valence-electron chi connectivity index (χ3n) is 5.87. The van der Waals surface area contributed by atoms with Crippen molar-refractivity contribution in [3.63, 3.8) is 0 Å². The van der Waals surface area contributed by atoms with E-state index in [0.29, 0.717) is 30.3 Å². The van der Waals surface area contributed by atoms with Crippen LogP contribution in [0.1, 0.15) is 24.0 Å². The summed E-state index contributed by atoms with van der Waals surface area (Å²) in [4.78, 5) is 30.1. The number of ether oxygens (including phenoxy) is 1. The largest absolute Gasteiger partial charge is 0.493 e. The zero-order valence-electron chi connectivity index (χ0n) is 19.8. The summed E-state index contributed by atoms with van der Waals surface area (Å²) >= 11 is 12.4. The number of benzene rings is 2. The Morgan fingerprint density at radius 2 is 1.92 bits per heavy atom. The van der Waals surface area contributed by atoms with Crippen LogP contribution in [0.4, 0.5) is 5.82 Å². The first-order valence-electron chi connectivity index (χ1n) is 11.9. The van der Waals surface area contributed by atoms with Crippen molar-refractivity contribution in [2.75, 3.05) is 25.0 Å². The lowest BCUT2D eigenvalue weighted by molar-refractivity contribution is -0.121. The van der Waals surface area contributed by atoms with E-state index >= 15 is 0 Å². The van der Waals surface area contributed by atoms with E-state index in [2.05, 4.69) is 20.9 Å². The Bertz CT molecular complexity index is 1240. The summed E-state index contributed by atoms with van der Waals surface area (Å²) in [5.74, 6) is 0.453. The highest BCUT2D eigenvalue weighted by molar-refractivity contribution is 6.30. The number of hydrogen-bond donors (Lipinski definition) is 3. The minimum Gasteiger partial charge on any atom is -0.493 e. The fourth-order valence-corrected chi connectivity index (χ4v) is 4.39. The van der Waals surface area contributed by atoms with Gasteiger partial charge in [-0.1, -0.05) is 53.5 Å². The predicted molar refractivity (Wildman–Crippen MR) is 142 cm³/mol. The normalized spacial score (nSPS) is 17.5. The van der Waals surface area contributed by atoms with Gasteiger partial charge in [0.2, 0.25) is 5.91 Å². The molecule has 1 amide bonds. The Labute approximate surface area is 220 Å². The Kier molecular flexibility index (Phi) is 9.22. The van der Waals surface area contributed by atoms with Crippen molar-refractivity contribution in [3.8, 4) is 5.75 Å². The second-order valence-corrected chi connectivity index (χ2v) is 9.46. The standard InChI is InChI=1S/C26H29Cl2N5O3/c27-20-8-9-22-19(13-20)14-30-24(34)17-33-23(28)16-31-25(26(33)35)32-21(12-18-6-2-1-3-7-18)15-29-10-4-5-11-36-22/h1-3,6-9,13,16,21,29H,4-5,10-12,14-15,17H2,(H,30,34)(H,31,32). The molecule has 10 heteroatoms. The first kappa shape index (κ1) is 26.0. The summed E-state index contributed by atoms with van der Waals surface area (Å²) in [5, 5.41) is 10.2. The van der Waals surface area contributed by atoms with Gasteiger partial charge < -0.3 is 20.7 Å². The summed E-state index contributed by atoms with van der Waals surface area (Å²) in [6.07, 6.45) is 3.86. The maximum Gasteiger partial charge on any atom is 0.294 e. The van der Waals surface area contributed by atoms with Crippen molar-refractivity contribution in [1.82, 2.24) is 20.2 Å². The van der Waals surface area contributed by atoms with Gasteiger partial charge in [-0.15, -0.1) is 0 Å². The van der Waals surface area contributed by atoms with Crippen molar-refractivity contribution < 1.29 is 9.53 Å². The molecule has 1 unspecified atom stereocenters. The SMILES string of the molecule is O=C1Cn2c(Cl)cnc(c2=O)NC(Cc2ccccc2)CNCCCCOc2ccc(Cl)cc2CN1. The zero-order valence-corrected chi connectivity index (χ0v) is 21.3. The number of rotatable bonds is 2. The molecule has 1 atom stereocenters. The molecule has 0 aliphatic carbocycles. The molecule has 0 saturated carbocycles. The van der Waals surface area contributed by atoms with E-state index in [9.17, 15) is 9.59 Å². The molecule has 0 spiro atoms. The molecule has 2 aromatic carbocycles. The van der Waals surface area contributed by atoms with E-state index in [0.717, 1.165) is 30.5 Å². The first-order valence-corrected chi connectivity index (χ1v) is 12.7. The molecule has 8 nitrogen and oxygen atoms in total. The van der Waals surface area contributed by atoms with Gasteiger partial charge in [-0.05, 0) is 49.6 Å². The molecule has 0 saturated heterocycles. The van der Waals surface area contributed by atoms with Crippen LogP contribution in [-0.2, 0) is 24.3 Å². The number of fused-ring (bicyclic) bond motifs is 3. The maximum atomic E-state index is 13.2. The lowest BCUT2D eigenvalue weighted by Crippen LogP contribution is -2.39. The smallest absolute Gasteiger partial charge is 0.294 e. The minimum atomic E-state index is -0.455. The predicted octanol–water partition coefficient (Wildman–Crippen LogP) is 3.65. The van der Waals surface area contributed by atoms with E-state index in [1.54, 1.807) is 18.2 Å². The maximum absolute atomic E-state index is 13.2. The molecule has 2 heterocycles. The van der Waals surface area contributed by atoms with Crippen LogP contribution in [0.15, 0.2) is 59.5 Å². The number of aromatic nitrogens is 2. The van der Waals surface area contributed by atoms with Crippen molar-refractivity contribution in [1.29, 1.82) is 0 Å². The lowest BCUT2D eigenvalue weighted by atomic mass is 10.1. The summed E-state index contributed by atoms with van der Waals surface area (Å²) in [6, 6.07) is 15.3. The first-order chi connectivity index (χ1) is 17.5. The third kappa shape index (κ3) is 7.22. The molecule has 1 aliphatic rings. The Morgan fingerprint density at radius 3 is 2.75 bits per heavy atom. The van der Waals surface area contributed by atoms with Crippen LogP contribution in [-0.4, -0.2) is 41.2 Å². The summed E-state index contributed by atoms with van der Waals surface area (Å²) in [6.45, 7) is 1.94. The monoisotopic (exact) mass is 529 g/mol. The van der Waals surface area contributed by atoms with Gasteiger partial charge in [-0.2, -0.15) is 0 Å². The van der Waals surface area contributed by atoms with Crippen LogP contribution in [0, 0.1) is 0 Å². The van der Waals surface area contributed by atoms with Gasteiger partial charge in [0.25, 0.3) is 5.56 Å². The third-order valence-corrected chi connectivity index (χ3v) is 6.40. The van der Waals surface area contributed by atoms with Crippen LogP contribution in [0.25, 0.3) is 0 Å². The number of carbonyl (C=O) groups excluding carboxylic acids is 1. The Hall–Kier alpha value is -3.07. The zero-order chi connectivity index (χ0) is 25.3. The van der Waals surface area contributed by atoms with Crippen LogP contribution < -0.4 is 26.2 Å². The van der Waals surface area contributed by atoms with Crippen molar-refractivity contribution in [2.45, 2.75) is 38.4 Å². The molecular weight excluding hydrogens is 501 g/mol. The molecule has 3 aromatic rings. The average Bonchev–Trinajstić information content (AvgIpc) is 2.87. The Morgan fingerprint density at radius 1 is 1.08 bits per heavy atom. The topological polar surface area (TPSA) is 97.3 Å². The van der Waals surface area contributed by atoms with Gasteiger partial charge in [0.15, 0.2) is 5.82 Å². The van der Waals surface area contributed by atoms with Crippen molar-refractivity contribution in [3.05, 3.63) is 86.4 Å². The van der Waals surface area contributed by atoms with Crippen molar-refractivity contribution in [2.24, 2.45) is 0 Å². The number of anilines is 1. The lowest BCUT2D eigenvalue weighted by Gasteiger charge is -2.21. The van der Waals surface area contributed by atoms with Gasteiger partial charge in [-0.3, -0.25) is 14.2 Å². The molecule has 0 fully saturated rings. The Balaban J connectivity index is 1.57. The summed E-state index contributed by atoms with van der Waals surface area (Å²) < 4.78 is 7.17. The van der Waals surface area contributed by atoms with Gasteiger partial charge in [0.1, 0.15) is 17.4 Å².